The second-order valence-corrected chi connectivity index (χ2v) is 2.63. The van der Waals surface area contributed by atoms with Gasteiger partial charge in [0, 0.05) is 5.56 Å². The van der Waals surface area contributed by atoms with Crippen LogP contribution in [0.5, 0.6) is 0 Å². The molecule has 0 bridgehead atoms. The van der Waals surface area contributed by atoms with Crippen LogP contribution in [0.2, 0.25) is 0 Å². The van der Waals surface area contributed by atoms with Crippen LogP contribution in [0.15, 0.2) is 6.07 Å². The molecule has 0 heterocycles. The maximum atomic E-state index is 5.63. The number of terminal acetylenes is 1. The Kier molecular flexibility index (Phi) is 1.84. The molecule has 0 aliphatic carbocycles. The number of rotatable bonds is 0. The number of anilines is 3. The van der Waals surface area contributed by atoms with Crippen LogP contribution < -0.4 is 17.2 Å². The number of hydrogen-bond donors (Lipinski definition) is 3. The Bertz CT molecular complexity index is 361. The van der Waals surface area contributed by atoms with Gasteiger partial charge in [0.15, 0.2) is 0 Å². The molecule has 3 heteroatoms. The van der Waals surface area contributed by atoms with Gasteiger partial charge in [0.2, 0.25) is 0 Å². The predicted molar refractivity (Wildman–Crippen MR) is 52.4 cm³/mol. The standard InChI is InChI=1S/C9H11N3/c1-3-6-4-5(2)7(10)9(12)8(6)11/h1,4H,10-12H2,2H3. The second kappa shape index (κ2) is 2.67. The molecule has 0 unspecified atom stereocenters. The van der Waals surface area contributed by atoms with E-state index in [4.69, 9.17) is 23.6 Å². The Morgan fingerprint density at radius 2 is 1.75 bits per heavy atom. The van der Waals surface area contributed by atoms with Crippen LogP contribution in [0.1, 0.15) is 11.1 Å². The quantitative estimate of drug-likeness (QED) is 0.387. The van der Waals surface area contributed by atoms with Crippen molar-refractivity contribution in [2.24, 2.45) is 0 Å². The maximum absolute atomic E-state index is 5.63. The van der Waals surface area contributed by atoms with E-state index in [0.717, 1.165) is 5.56 Å². The Labute approximate surface area is 71.5 Å². The van der Waals surface area contributed by atoms with Gasteiger partial charge in [-0.05, 0) is 18.6 Å². The lowest BCUT2D eigenvalue weighted by Crippen LogP contribution is -2.04. The fourth-order valence-electron chi connectivity index (χ4n) is 0.994. The number of nitrogens with two attached hydrogens (primary N) is 3. The molecular formula is C9H11N3. The van der Waals surface area contributed by atoms with Gasteiger partial charge in [-0.1, -0.05) is 5.92 Å². The van der Waals surface area contributed by atoms with Gasteiger partial charge >= 0.3 is 0 Å². The largest absolute Gasteiger partial charge is 0.397 e. The van der Waals surface area contributed by atoms with Crippen molar-refractivity contribution < 1.29 is 0 Å². The molecule has 1 rings (SSSR count). The van der Waals surface area contributed by atoms with Crippen molar-refractivity contribution in [2.45, 2.75) is 6.92 Å². The zero-order valence-electron chi connectivity index (χ0n) is 6.89. The van der Waals surface area contributed by atoms with Gasteiger partial charge in [0.05, 0.1) is 17.1 Å². The van der Waals surface area contributed by atoms with Crippen LogP contribution in [-0.2, 0) is 0 Å². The van der Waals surface area contributed by atoms with Gasteiger partial charge in [-0.25, -0.2) is 0 Å². The zero-order valence-corrected chi connectivity index (χ0v) is 6.89. The van der Waals surface area contributed by atoms with Crippen LogP contribution in [0, 0.1) is 19.3 Å². The van der Waals surface area contributed by atoms with E-state index in [9.17, 15) is 0 Å². The molecule has 6 N–H and O–H groups in total. The Balaban J connectivity index is 3.52. The molecular weight excluding hydrogens is 150 g/mol. The second-order valence-electron chi connectivity index (χ2n) is 2.63. The van der Waals surface area contributed by atoms with Gasteiger partial charge in [-0.15, -0.1) is 6.42 Å². The summed E-state index contributed by atoms with van der Waals surface area (Å²) in [5.41, 5.74) is 19.6. The summed E-state index contributed by atoms with van der Waals surface area (Å²) in [5, 5.41) is 0. The summed E-state index contributed by atoms with van der Waals surface area (Å²) in [4.78, 5) is 0. The summed E-state index contributed by atoms with van der Waals surface area (Å²) >= 11 is 0. The number of nitrogen functional groups attached to an aromatic ring is 3. The summed E-state index contributed by atoms with van der Waals surface area (Å²) in [5.74, 6) is 2.44. The van der Waals surface area contributed by atoms with Crippen molar-refractivity contribution in [1.29, 1.82) is 0 Å². The summed E-state index contributed by atoms with van der Waals surface area (Å²) in [6.45, 7) is 1.84. The monoisotopic (exact) mass is 161 g/mol. The number of aryl methyl sites for hydroxylation is 1. The van der Waals surface area contributed by atoms with Crippen molar-refractivity contribution >= 4 is 17.1 Å². The Hall–Kier alpha value is -1.82. The van der Waals surface area contributed by atoms with E-state index in [2.05, 4.69) is 5.92 Å². The van der Waals surface area contributed by atoms with E-state index in [1.54, 1.807) is 6.07 Å². The highest BCUT2D eigenvalue weighted by Crippen LogP contribution is 2.28. The third-order valence-corrected chi connectivity index (χ3v) is 1.81. The first kappa shape index (κ1) is 8.28. The van der Waals surface area contributed by atoms with Crippen LogP contribution in [0.3, 0.4) is 0 Å². The summed E-state index contributed by atoms with van der Waals surface area (Å²) < 4.78 is 0. The van der Waals surface area contributed by atoms with Gasteiger partial charge in [-0.3, -0.25) is 0 Å². The third-order valence-electron chi connectivity index (χ3n) is 1.81. The molecule has 62 valence electrons. The average Bonchev–Trinajstić information content (AvgIpc) is 2.08. The molecule has 0 aliphatic heterocycles. The molecule has 0 fully saturated rings. The Morgan fingerprint density at radius 3 is 2.25 bits per heavy atom. The fourth-order valence-corrected chi connectivity index (χ4v) is 0.994. The molecule has 0 amide bonds. The molecule has 1 aromatic rings. The van der Waals surface area contributed by atoms with E-state index < -0.39 is 0 Å². The van der Waals surface area contributed by atoms with Gasteiger partial charge in [0.1, 0.15) is 0 Å². The molecule has 0 atom stereocenters. The normalized spacial score (nSPS) is 9.33. The molecule has 1 aromatic carbocycles. The van der Waals surface area contributed by atoms with Gasteiger partial charge < -0.3 is 17.2 Å². The van der Waals surface area contributed by atoms with Crippen molar-refractivity contribution in [3.63, 3.8) is 0 Å². The van der Waals surface area contributed by atoms with E-state index in [1.165, 1.54) is 0 Å². The predicted octanol–water partition coefficient (Wildman–Crippen LogP) is 0.723. The number of benzene rings is 1. The van der Waals surface area contributed by atoms with Crippen LogP contribution >= 0.6 is 0 Å². The minimum atomic E-state index is 0.378. The lowest BCUT2D eigenvalue weighted by atomic mass is 10.1. The van der Waals surface area contributed by atoms with E-state index in [-0.39, 0.29) is 0 Å². The average molecular weight is 161 g/mol. The van der Waals surface area contributed by atoms with Gasteiger partial charge in [-0.2, -0.15) is 0 Å². The third kappa shape index (κ3) is 1.04. The smallest absolute Gasteiger partial charge is 0.0797 e. The highest BCUT2D eigenvalue weighted by atomic mass is 14.7. The SMILES string of the molecule is C#Cc1cc(C)c(N)c(N)c1N. The molecule has 3 nitrogen and oxygen atoms in total. The molecule has 0 saturated heterocycles. The van der Waals surface area contributed by atoms with Crippen LogP contribution in [0.25, 0.3) is 0 Å². The van der Waals surface area contributed by atoms with Crippen LogP contribution in [0.4, 0.5) is 17.1 Å². The van der Waals surface area contributed by atoms with Crippen molar-refractivity contribution in [1.82, 2.24) is 0 Å². The van der Waals surface area contributed by atoms with E-state index in [0.29, 0.717) is 22.6 Å². The maximum Gasteiger partial charge on any atom is 0.0797 e. The summed E-state index contributed by atoms with van der Waals surface area (Å²) in [6, 6.07) is 1.75. The van der Waals surface area contributed by atoms with Crippen LogP contribution in [-0.4, -0.2) is 0 Å². The zero-order chi connectivity index (χ0) is 9.30. The topological polar surface area (TPSA) is 78.1 Å². The van der Waals surface area contributed by atoms with Crippen molar-refractivity contribution in [2.75, 3.05) is 17.2 Å². The molecule has 12 heavy (non-hydrogen) atoms. The first-order chi connectivity index (χ1) is 5.57. The van der Waals surface area contributed by atoms with Gasteiger partial charge in [0.25, 0.3) is 0 Å². The molecule has 0 spiro atoms. The lowest BCUT2D eigenvalue weighted by Gasteiger charge is -2.09. The molecule has 0 saturated carbocycles. The molecule has 0 aromatic heterocycles. The highest BCUT2D eigenvalue weighted by molar-refractivity contribution is 5.84. The molecule has 0 aliphatic rings. The molecule has 0 radical (unpaired) electrons. The number of hydrogen-bond acceptors (Lipinski definition) is 3. The minimum Gasteiger partial charge on any atom is -0.397 e. The first-order valence-corrected chi connectivity index (χ1v) is 3.48. The highest BCUT2D eigenvalue weighted by Gasteiger charge is 2.06. The summed E-state index contributed by atoms with van der Waals surface area (Å²) in [7, 11) is 0. The first-order valence-electron chi connectivity index (χ1n) is 3.48. The van der Waals surface area contributed by atoms with E-state index in [1.807, 2.05) is 6.92 Å². The van der Waals surface area contributed by atoms with Crippen molar-refractivity contribution in [3.8, 4) is 12.3 Å². The minimum absolute atomic E-state index is 0.378. The Morgan fingerprint density at radius 1 is 1.17 bits per heavy atom. The van der Waals surface area contributed by atoms with E-state index >= 15 is 0 Å². The summed E-state index contributed by atoms with van der Waals surface area (Å²) in [6.07, 6.45) is 5.21. The fraction of sp³-hybridized carbons (Fsp3) is 0.111. The lowest BCUT2D eigenvalue weighted by molar-refractivity contribution is 1.45. The van der Waals surface area contributed by atoms with Crippen molar-refractivity contribution in [3.05, 3.63) is 17.2 Å².